The molecule has 23 heavy (non-hydrogen) atoms. The van der Waals surface area contributed by atoms with Gasteiger partial charge in [-0.25, -0.2) is 13.4 Å². The van der Waals surface area contributed by atoms with Crippen LogP contribution in [-0.2, 0) is 14.6 Å². The van der Waals surface area contributed by atoms with Crippen LogP contribution in [0.2, 0.25) is 0 Å². The summed E-state index contributed by atoms with van der Waals surface area (Å²) in [6.45, 7) is 9.22. The molecular formula is C16H27N3O3S. The minimum absolute atomic E-state index is 0.0432. The molecule has 1 atom stereocenters. The third kappa shape index (κ3) is 3.29. The lowest BCUT2D eigenvalue weighted by atomic mass is 10.1. The zero-order valence-electron chi connectivity index (χ0n) is 14.8. The van der Waals surface area contributed by atoms with Gasteiger partial charge in [-0.1, -0.05) is 13.8 Å². The fourth-order valence-corrected chi connectivity index (χ4v) is 4.00. The summed E-state index contributed by atoms with van der Waals surface area (Å²) < 4.78 is 27.8. The van der Waals surface area contributed by atoms with E-state index in [9.17, 15) is 13.2 Å². The van der Waals surface area contributed by atoms with Crippen molar-refractivity contribution in [3.8, 4) is 0 Å². The number of nitrogens with zero attached hydrogens (tertiary/aromatic N) is 3. The highest BCUT2D eigenvalue weighted by atomic mass is 32.2. The zero-order valence-corrected chi connectivity index (χ0v) is 15.6. The molecule has 0 saturated heterocycles. The van der Waals surface area contributed by atoms with Gasteiger partial charge in [-0.3, -0.25) is 4.79 Å². The lowest BCUT2D eigenvalue weighted by molar-refractivity contribution is -0.130. The summed E-state index contributed by atoms with van der Waals surface area (Å²) in [6.07, 6.45) is 3.57. The van der Waals surface area contributed by atoms with Gasteiger partial charge in [0.05, 0.1) is 0 Å². The zero-order chi connectivity index (χ0) is 17.5. The highest BCUT2D eigenvalue weighted by molar-refractivity contribution is 7.92. The summed E-state index contributed by atoms with van der Waals surface area (Å²) in [4.78, 5) is 18.1. The van der Waals surface area contributed by atoms with Crippen molar-refractivity contribution in [2.75, 3.05) is 7.05 Å². The number of hydrogen-bond acceptors (Lipinski definition) is 4. The Morgan fingerprint density at radius 2 is 1.83 bits per heavy atom. The van der Waals surface area contributed by atoms with Crippen molar-refractivity contribution < 1.29 is 13.2 Å². The maximum Gasteiger partial charge on any atom is 0.241 e. The maximum absolute atomic E-state index is 13.0. The van der Waals surface area contributed by atoms with E-state index >= 15 is 0 Å². The standard InChI is InChI=1S/C16H27N3O3S/c1-10(2)14-9-17-16(19(14)13-7-8-13)23(21,22)12(5)15(20)18(6)11(3)4/h9-13H,7-8H2,1-6H3. The normalized spacial score (nSPS) is 16.9. The lowest BCUT2D eigenvalue weighted by Crippen LogP contribution is -2.43. The van der Waals surface area contributed by atoms with Crippen molar-refractivity contribution in [1.82, 2.24) is 14.5 Å². The van der Waals surface area contributed by atoms with Crippen LogP contribution in [0.25, 0.3) is 0 Å². The number of amides is 1. The van der Waals surface area contributed by atoms with Crippen LogP contribution in [0.5, 0.6) is 0 Å². The van der Waals surface area contributed by atoms with E-state index < -0.39 is 21.0 Å². The molecule has 0 aromatic carbocycles. The number of carbonyl (C=O) groups is 1. The molecule has 2 rings (SSSR count). The lowest BCUT2D eigenvalue weighted by Gasteiger charge is -2.25. The van der Waals surface area contributed by atoms with Crippen LogP contribution < -0.4 is 0 Å². The third-order valence-corrected chi connectivity index (χ3v) is 6.43. The van der Waals surface area contributed by atoms with Gasteiger partial charge in [0.25, 0.3) is 0 Å². The SMILES string of the molecule is CC(C)c1cnc(S(=O)(=O)C(C)C(=O)N(C)C(C)C)n1C1CC1. The fraction of sp³-hybridized carbons (Fsp3) is 0.750. The predicted octanol–water partition coefficient (Wildman–Crippen LogP) is 2.37. The van der Waals surface area contributed by atoms with E-state index in [4.69, 9.17) is 0 Å². The maximum atomic E-state index is 13.0. The van der Waals surface area contributed by atoms with Gasteiger partial charge < -0.3 is 9.47 Å². The molecule has 1 fully saturated rings. The first-order valence-electron chi connectivity index (χ1n) is 8.16. The molecule has 1 saturated carbocycles. The van der Waals surface area contributed by atoms with Crippen molar-refractivity contribution in [1.29, 1.82) is 0 Å². The number of hydrogen-bond donors (Lipinski definition) is 0. The molecule has 0 spiro atoms. The van der Waals surface area contributed by atoms with Gasteiger partial charge in [-0.15, -0.1) is 0 Å². The molecule has 1 amide bonds. The van der Waals surface area contributed by atoms with Crippen molar-refractivity contribution in [2.24, 2.45) is 0 Å². The first kappa shape index (κ1) is 18.0. The quantitative estimate of drug-likeness (QED) is 0.796. The summed E-state index contributed by atoms with van der Waals surface area (Å²) in [7, 11) is -2.17. The van der Waals surface area contributed by atoms with Gasteiger partial charge in [-0.05, 0) is 39.5 Å². The summed E-state index contributed by atoms with van der Waals surface area (Å²) >= 11 is 0. The molecule has 1 unspecified atom stereocenters. The van der Waals surface area contributed by atoms with Crippen LogP contribution in [0.4, 0.5) is 0 Å². The van der Waals surface area contributed by atoms with Gasteiger partial charge in [0.1, 0.15) is 5.25 Å². The van der Waals surface area contributed by atoms with Gasteiger partial charge in [-0.2, -0.15) is 0 Å². The van der Waals surface area contributed by atoms with Crippen LogP contribution >= 0.6 is 0 Å². The summed E-state index contributed by atoms with van der Waals surface area (Å²) in [5, 5.41) is -1.09. The second kappa shape index (κ2) is 6.26. The largest absolute Gasteiger partial charge is 0.342 e. The third-order valence-electron chi connectivity index (χ3n) is 4.48. The molecule has 1 aromatic heterocycles. The molecule has 1 aliphatic carbocycles. The average Bonchev–Trinajstić information content (AvgIpc) is 3.21. The average molecular weight is 341 g/mol. The number of aromatic nitrogens is 2. The van der Waals surface area contributed by atoms with Crippen molar-refractivity contribution in [3.63, 3.8) is 0 Å². The highest BCUT2D eigenvalue weighted by Gasteiger charge is 2.39. The fourth-order valence-electron chi connectivity index (χ4n) is 2.53. The first-order chi connectivity index (χ1) is 10.6. The van der Waals surface area contributed by atoms with Crippen molar-refractivity contribution in [3.05, 3.63) is 11.9 Å². The minimum atomic E-state index is -3.80. The van der Waals surface area contributed by atoms with Crippen molar-refractivity contribution >= 4 is 15.7 Å². The van der Waals surface area contributed by atoms with E-state index in [0.717, 1.165) is 18.5 Å². The second-order valence-electron chi connectivity index (χ2n) is 6.95. The number of rotatable bonds is 6. The highest BCUT2D eigenvalue weighted by Crippen LogP contribution is 2.40. The molecule has 0 radical (unpaired) electrons. The van der Waals surface area contributed by atoms with Gasteiger partial charge in [0.2, 0.25) is 20.9 Å². The first-order valence-corrected chi connectivity index (χ1v) is 9.71. The molecule has 7 heteroatoms. The molecule has 0 aliphatic heterocycles. The van der Waals surface area contributed by atoms with Gasteiger partial charge >= 0.3 is 0 Å². The minimum Gasteiger partial charge on any atom is -0.342 e. The van der Waals surface area contributed by atoms with E-state index in [-0.39, 0.29) is 23.2 Å². The molecular weight excluding hydrogens is 314 g/mol. The molecule has 130 valence electrons. The van der Waals surface area contributed by atoms with Crippen LogP contribution in [0.3, 0.4) is 0 Å². The van der Waals surface area contributed by atoms with Gasteiger partial charge in [0, 0.05) is 31.0 Å². The molecule has 1 heterocycles. The predicted molar refractivity (Wildman–Crippen MR) is 89.1 cm³/mol. The number of carbonyl (C=O) groups excluding carboxylic acids is 1. The monoisotopic (exact) mass is 341 g/mol. The molecule has 6 nitrogen and oxygen atoms in total. The van der Waals surface area contributed by atoms with E-state index in [1.807, 2.05) is 32.3 Å². The molecule has 1 aromatic rings. The van der Waals surface area contributed by atoms with E-state index in [1.165, 1.54) is 11.8 Å². The van der Waals surface area contributed by atoms with Crippen LogP contribution in [0, 0.1) is 0 Å². The smallest absolute Gasteiger partial charge is 0.241 e. The molecule has 1 aliphatic rings. The van der Waals surface area contributed by atoms with Gasteiger partial charge in [0.15, 0.2) is 0 Å². The number of imidazole rings is 1. The van der Waals surface area contributed by atoms with E-state index in [1.54, 1.807) is 13.2 Å². The Bertz CT molecular complexity index is 687. The second-order valence-corrected chi connectivity index (χ2v) is 9.11. The Morgan fingerprint density at radius 1 is 1.26 bits per heavy atom. The van der Waals surface area contributed by atoms with Crippen LogP contribution in [-0.4, -0.2) is 47.1 Å². The Labute approximate surface area is 138 Å². The topological polar surface area (TPSA) is 72.3 Å². The Morgan fingerprint density at radius 3 is 2.26 bits per heavy atom. The molecule has 0 N–H and O–H groups in total. The Kier molecular flexibility index (Phi) is 4.89. The van der Waals surface area contributed by atoms with E-state index in [0.29, 0.717) is 0 Å². The summed E-state index contributed by atoms with van der Waals surface area (Å²) in [5.41, 5.74) is 0.919. The summed E-state index contributed by atoms with van der Waals surface area (Å²) in [5.74, 6) is -0.201. The molecule has 0 bridgehead atoms. The van der Waals surface area contributed by atoms with E-state index in [2.05, 4.69) is 4.98 Å². The Balaban J connectivity index is 2.42. The Hall–Kier alpha value is -1.37. The summed E-state index contributed by atoms with van der Waals surface area (Å²) in [6, 6.07) is 0.152. The van der Waals surface area contributed by atoms with Crippen molar-refractivity contribution in [2.45, 2.75) is 75.9 Å². The van der Waals surface area contributed by atoms with Crippen LogP contribution in [0.1, 0.15) is 65.1 Å². The number of sulfone groups is 1. The van der Waals surface area contributed by atoms with Crippen LogP contribution in [0.15, 0.2) is 11.4 Å².